The van der Waals surface area contributed by atoms with E-state index < -0.39 is 17.8 Å². The number of hydrogen-bond acceptors (Lipinski definition) is 5. The summed E-state index contributed by atoms with van der Waals surface area (Å²) in [7, 11) is 0. The van der Waals surface area contributed by atoms with Gasteiger partial charge in [0.05, 0.1) is 5.56 Å². The number of carbonyl (C=O) groups is 2. The predicted octanol–water partition coefficient (Wildman–Crippen LogP) is 4.50. The average molecular weight is 454 g/mol. The minimum Gasteiger partial charge on any atom is -0.478 e. The van der Waals surface area contributed by atoms with Gasteiger partial charge in [-0.25, -0.2) is 4.39 Å². The van der Waals surface area contributed by atoms with Crippen molar-refractivity contribution in [2.45, 2.75) is 45.3 Å². The molecular formula is C24H24FN3O3S. The van der Waals surface area contributed by atoms with Crippen molar-refractivity contribution >= 4 is 28.2 Å². The number of amides is 2. The zero-order valence-electron chi connectivity index (χ0n) is 17.7. The van der Waals surface area contributed by atoms with Gasteiger partial charge in [-0.05, 0) is 61.9 Å². The molecule has 1 aromatic carbocycles. The normalized spacial score (nSPS) is 13.7. The van der Waals surface area contributed by atoms with Gasteiger partial charge >= 0.3 is 0 Å². The Morgan fingerprint density at radius 3 is 2.78 bits per heavy atom. The summed E-state index contributed by atoms with van der Waals surface area (Å²) in [4.78, 5) is 31.1. The maximum atomic E-state index is 13.9. The summed E-state index contributed by atoms with van der Waals surface area (Å²) in [5.41, 5.74) is 2.41. The van der Waals surface area contributed by atoms with Gasteiger partial charge in [0.25, 0.3) is 11.8 Å². The van der Waals surface area contributed by atoms with Crippen LogP contribution >= 0.6 is 11.3 Å². The molecule has 0 radical (unpaired) electrons. The highest BCUT2D eigenvalue weighted by Gasteiger charge is 2.27. The maximum Gasteiger partial charge on any atom is 0.265 e. The van der Waals surface area contributed by atoms with E-state index in [2.05, 4.69) is 15.6 Å². The number of pyridine rings is 1. The van der Waals surface area contributed by atoms with E-state index in [1.54, 1.807) is 31.5 Å². The molecule has 1 atom stereocenters. The number of fused-ring (bicyclic) bond motifs is 1. The lowest BCUT2D eigenvalue weighted by Crippen LogP contribution is -2.31. The van der Waals surface area contributed by atoms with E-state index in [1.807, 2.05) is 12.1 Å². The molecule has 0 fully saturated rings. The number of hydrogen-bond donors (Lipinski definition) is 2. The Labute approximate surface area is 189 Å². The lowest BCUT2D eigenvalue weighted by atomic mass is 9.95. The van der Waals surface area contributed by atoms with Crippen molar-refractivity contribution in [2.75, 3.05) is 5.32 Å². The molecule has 4 rings (SSSR count). The van der Waals surface area contributed by atoms with Gasteiger partial charge in [-0.3, -0.25) is 14.6 Å². The highest BCUT2D eigenvalue weighted by atomic mass is 32.1. The van der Waals surface area contributed by atoms with Gasteiger partial charge < -0.3 is 15.4 Å². The number of aryl methyl sites for hydroxylation is 1. The smallest absolute Gasteiger partial charge is 0.265 e. The standard InChI is InChI=1S/C24H24FN3O3S/c1-15(31-19-10-4-3-9-18(19)25)22(29)28-24-21(17-8-2-5-11-20(17)32-24)23(30)27-14-16-7-6-12-26-13-16/h3-4,6-7,9-10,12-13,15H,2,5,8,11,14H2,1H3,(H,27,30)(H,28,29). The van der Waals surface area contributed by atoms with Crippen LogP contribution in [0.25, 0.3) is 0 Å². The van der Waals surface area contributed by atoms with Crippen molar-refractivity contribution in [3.05, 3.63) is 76.2 Å². The SMILES string of the molecule is CC(Oc1ccccc1F)C(=O)Nc1sc2c(c1C(=O)NCc1cccnc1)CCCC2. The first kappa shape index (κ1) is 22.0. The fourth-order valence-corrected chi connectivity index (χ4v) is 4.96. The van der Waals surface area contributed by atoms with E-state index in [-0.39, 0.29) is 11.7 Å². The lowest BCUT2D eigenvalue weighted by molar-refractivity contribution is -0.122. The molecule has 2 amide bonds. The molecule has 3 aromatic rings. The number of aromatic nitrogens is 1. The second-order valence-electron chi connectivity index (χ2n) is 7.64. The van der Waals surface area contributed by atoms with Gasteiger partial charge in [-0.1, -0.05) is 18.2 Å². The Hall–Kier alpha value is -3.26. The number of nitrogens with one attached hydrogen (secondary N) is 2. The molecule has 0 aliphatic heterocycles. The number of ether oxygens (including phenoxy) is 1. The fourth-order valence-electron chi connectivity index (χ4n) is 3.67. The van der Waals surface area contributed by atoms with Gasteiger partial charge in [0.15, 0.2) is 17.7 Å². The Morgan fingerprint density at radius 1 is 1.19 bits per heavy atom. The third-order valence-electron chi connectivity index (χ3n) is 5.32. The second-order valence-corrected chi connectivity index (χ2v) is 8.74. The van der Waals surface area contributed by atoms with Crippen molar-refractivity contribution in [3.8, 4) is 5.75 Å². The maximum absolute atomic E-state index is 13.9. The number of nitrogens with zero attached hydrogens (tertiary/aromatic N) is 1. The molecule has 1 aliphatic rings. The van der Waals surface area contributed by atoms with Crippen molar-refractivity contribution in [1.82, 2.24) is 10.3 Å². The Morgan fingerprint density at radius 2 is 2.00 bits per heavy atom. The topological polar surface area (TPSA) is 80.3 Å². The van der Waals surface area contributed by atoms with Crippen molar-refractivity contribution < 1.29 is 18.7 Å². The first-order valence-corrected chi connectivity index (χ1v) is 11.4. The zero-order chi connectivity index (χ0) is 22.5. The molecule has 166 valence electrons. The van der Waals surface area contributed by atoms with E-state index >= 15 is 0 Å². The summed E-state index contributed by atoms with van der Waals surface area (Å²) < 4.78 is 19.4. The largest absolute Gasteiger partial charge is 0.478 e. The zero-order valence-corrected chi connectivity index (χ0v) is 18.5. The monoisotopic (exact) mass is 453 g/mol. The van der Waals surface area contributed by atoms with Crippen molar-refractivity contribution in [3.63, 3.8) is 0 Å². The molecule has 32 heavy (non-hydrogen) atoms. The fraction of sp³-hybridized carbons (Fsp3) is 0.292. The van der Waals surface area contributed by atoms with Gasteiger partial charge in [0, 0.05) is 23.8 Å². The third kappa shape index (κ3) is 4.96. The van der Waals surface area contributed by atoms with Crippen LogP contribution in [0.5, 0.6) is 5.75 Å². The lowest BCUT2D eigenvalue weighted by Gasteiger charge is -2.16. The molecular weight excluding hydrogens is 429 g/mol. The number of para-hydroxylation sites is 1. The number of benzene rings is 1. The van der Waals surface area contributed by atoms with Crippen LogP contribution in [0.3, 0.4) is 0 Å². The van der Waals surface area contributed by atoms with Crippen LogP contribution in [0.4, 0.5) is 9.39 Å². The van der Waals surface area contributed by atoms with Crippen molar-refractivity contribution in [1.29, 1.82) is 0 Å². The van der Waals surface area contributed by atoms with Crippen LogP contribution in [0.15, 0.2) is 48.8 Å². The van der Waals surface area contributed by atoms with Crippen LogP contribution in [0, 0.1) is 5.82 Å². The van der Waals surface area contributed by atoms with Crippen molar-refractivity contribution in [2.24, 2.45) is 0 Å². The average Bonchev–Trinajstić information content (AvgIpc) is 3.17. The molecule has 6 nitrogen and oxygen atoms in total. The molecule has 0 saturated carbocycles. The molecule has 0 saturated heterocycles. The van der Waals surface area contributed by atoms with Crippen LogP contribution in [0.2, 0.25) is 0 Å². The second kappa shape index (κ2) is 9.91. The van der Waals surface area contributed by atoms with E-state index in [1.165, 1.54) is 23.5 Å². The number of halogens is 1. The first-order chi connectivity index (χ1) is 15.5. The first-order valence-electron chi connectivity index (χ1n) is 10.6. The molecule has 2 N–H and O–H groups in total. The van der Waals surface area contributed by atoms with Gasteiger partial charge in [-0.15, -0.1) is 11.3 Å². The third-order valence-corrected chi connectivity index (χ3v) is 6.53. The molecule has 0 bridgehead atoms. The molecule has 8 heteroatoms. The molecule has 1 unspecified atom stereocenters. The van der Waals surface area contributed by atoms with Gasteiger partial charge in [0.2, 0.25) is 0 Å². The number of rotatable bonds is 7. The summed E-state index contributed by atoms with van der Waals surface area (Å²) in [6.07, 6.45) is 6.21. The van der Waals surface area contributed by atoms with E-state index in [0.29, 0.717) is 17.1 Å². The molecule has 2 aromatic heterocycles. The highest BCUT2D eigenvalue weighted by Crippen LogP contribution is 2.38. The summed E-state index contributed by atoms with van der Waals surface area (Å²) in [6.45, 7) is 1.90. The summed E-state index contributed by atoms with van der Waals surface area (Å²) in [6, 6.07) is 9.65. The Bertz CT molecular complexity index is 1120. The highest BCUT2D eigenvalue weighted by molar-refractivity contribution is 7.17. The van der Waals surface area contributed by atoms with Crippen LogP contribution < -0.4 is 15.4 Å². The minimum absolute atomic E-state index is 0.00932. The number of thiophene rings is 1. The van der Waals surface area contributed by atoms with E-state index in [9.17, 15) is 14.0 Å². The summed E-state index contributed by atoms with van der Waals surface area (Å²) in [5, 5.41) is 6.29. The van der Waals surface area contributed by atoms with Gasteiger partial charge in [-0.2, -0.15) is 0 Å². The Balaban J connectivity index is 1.51. The Kier molecular flexibility index (Phi) is 6.80. The van der Waals surface area contributed by atoms with E-state index in [0.717, 1.165) is 41.7 Å². The summed E-state index contributed by atoms with van der Waals surface area (Å²) in [5.74, 6) is -1.19. The molecule has 2 heterocycles. The quantitative estimate of drug-likeness (QED) is 0.552. The van der Waals surface area contributed by atoms with Crippen LogP contribution in [-0.2, 0) is 24.2 Å². The molecule has 0 spiro atoms. The molecule has 1 aliphatic carbocycles. The number of carbonyl (C=O) groups excluding carboxylic acids is 2. The van der Waals surface area contributed by atoms with E-state index in [4.69, 9.17) is 4.74 Å². The number of anilines is 1. The van der Waals surface area contributed by atoms with Crippen LogP contribution in [-0.4, -0.2) is 22.9 Å². The van der Waals surface area contributed by atoms with Crippen LogP contribution in [0.1, 0.15) is 46.1 Å². The predicted molar refractivity (Wildman–Crippen MR) is 121 cm³/mol. The minimum atomic E-state index is -0.933. The van der Waals surface area contributed by atoms with Gasteiger partial charge in [0.1, 0.15) is 5.00 Å². The summed E-state index contributed by atoms with van der Waals surface area (Å²) >= 11 is 1.43.